The van der Waals surface area contributed by atoms with E-state index in [4.69, 9.17) is 21.1 Å². The average Bonchev–Trinajstić information content (AvgIpc) is 2.64. The minimum atomic E-state index is -3.50. The Morgan fingerprint density at radius 3 is 2.50 bits per heavy atom. The van der Waals surface area contributed by atoms with Gasteiger partial charge in [-0.15, -0.1) is 0 Å². The van der Waals surface area contributed by atoms with E-state index in [0.29, 0.717) is 34.3 Å². The molecule has 0 saturated carbocycles. The van der Waals surface area contributed by atoms with Gasteiger partial charge in [0.25, 0.3) is 0 Å². The van der Waals surface area contributed by atoms with Crippen LogP contribution >= 0.6 is 11.6 Å². The third kappa shape index (κ3) is 6.03. The Bertz CT molecular complexity index is 934. The number of halogens is 1. The van der Waals surface area contributed by atoms with Gasteiger partial charge in [0.1, 0.15) is 11.5 Å². The Kier molecular flexibility index (Phi) is 7.53. The summed E-state index contributed by atoms with van der Waals surface area (Å²) in [6, 6.07) is 11.7. The highest BCUT2D eigenvalue weighted by atomic mass is 35.5. The maximum absolute atomic E-state index is 12.3. The lowest BCUT2D eigenvalue weighted by atomic mass is 10.2. The number of methoxy groups -OCH3 is 2. The van der Waals surface area contributed by atoms with Crippen LogP contribution in [0, 0.1) is 0 Å². The van der Waals surface area contributed by atoms with Crippen LogP contribution in [0.5, 0.6) is 11.5 Å². The molecule has 0 radical (unpaired) electrons. The number of nitrogens with zero attached hydrogens (tertiary/aromatic N) is 1. The van der Waals surface area contributed by atoms with E-state index in [1.54, 1.807) is 42.5 Å². The van der Waals surface area contributed by atoms with Crippen molar-refractivity contribution in [2.75, 3.05) is 36.6 Å². The molecule has 152 valence electrons. The van der Waals surface area contributed by atoms with Crippen LogP contribution in [-0.2, 0) is 14.8 Å². The smallest absolute Gasteiger partial charge is 0.232 e. The van der Waals surface area contributed by atoms with E-state index in [0.717, 1.165) is 6.26 Å². The molecular formula is C19H23ClN2O5S. The number of sulfonamides is 1. The van der Waals surface area contributed by atoms with E-state index in [1.807, 2.05) is 0 Å². The van der Waals surface area contributed by atoms with Crippen molar-refractivity contribution in [3.05, 3.63) is 47.5 Å². The van der Waals surface area contributed by atoms with E-state index >= 15 is 0 Å². The number of carbonyl (C=O) groups is 1. The van der Waals surface area contributed by atoms with Crippen LogP contribution in [0.15, 0.2) is 42.5 Å². The number of hydrogen-bond acceptors (Lipinski definition) is 5. The van der Waals surface area contributed by atoms with Crippen LogP contribution in [0.1, 0.15) is 12.8 Å². The molecule has 7 nitrogen and oxygen atoms in total. The molecule has 1 N–H and O–H groups in total. The van der Waals surface area contributed by atoms with Crippen molar-refractivity contribution in [1.82, 2.24) is 0 Å². The highest BCUT2D eigenvalue weighted by molar-refractivity contribution is 7.92. The molecule has 0 fully saturated rings. The maximum Gasteiger partial charge on any atom is 0.232 e. The molecule has 0 saturated heterocycles. The Balaban J connectivity index is 2.02. The van der Waals surface area contributed by atoms with Crippen LogP contribution in [0.2, 0.25) is 5.02 Å². The zero-order chi connectivity index (χ0) is 20.7. The second-order valence-electron chi connectivity index (χ2n) is 6.03. The highest BCUT2D eigenvalue weighted by Crippen LogP contribution is 2.29. The molecule has 2 aromatic rings. The number of amides is 1. The van der Waals surface area contributed by atoms with Crippen LogP contribution in [0.4, 0.5) is 11.4 Å². The predicted octanol–water partition coefficient (Wildman–Crippen LogP) is 3.54. The summed E-state index contributed by atoms with van der Waals surface area (Å²) >= 11 is 5.96. The van der Waals surface area contributed by atoms with Gasteiger partial charge in [0.15, 0.2) is 0 Å². The first kappa shape index (κ1) is 21.8. The van der Waals surface area contributed by atoms with Crippen molar-refractivity contribution in [3.63, 3.8) is 0 Å². The molecule has 0 aromatic heterocycles. The second kappa shape index (κ2) is 9.66. The number of ether oxygens (including phenoxy) is 2. The maximum atomic E-state index is 12.3. The Labute approximate surface area is 170 Å². The van der Waals surface area contributed by atoms with Crippen molar-refractivity contribution >= 4 is 38.9 Å². The molecule has 0 heterocycles. The summed E-state index contributed by atoms with van der Waals surface area (Å²) in [6.45, 7) is 0.155. The van der Waals surface area contributed by atoms with E-state index < -0.39 is 10.0 Å². The molecule has 28 heavy (non-hydrogen) atoms. The Hall–Kier alpha value is -2.45. The monoisotopic (exact) mass is 426 g/mol. The van der Waals surface area contributed by atoms with Gasteiger partial charge in [-0.25, -0.2) is 8.42 Å². The second-order valence-corrected chi connectivity index (χ2v) is 8.38. The third-order valence-corrected chi connectivity index (χ3v) is 5.37. The first-order chi connectivity index (χ1) is 13.2. The number of hydrogen-bond donors (Lipinski definition) is 1. The topological polar surface area (TPSA) is 84.9 Å². The lowest BCUT2D eigenvalue weighted by Gasteiger charge is -2.22. The first-order valence-corrected chi connectivity index (χ1v) is 10.7. The molecule has 0 unspecified atom stereocenters. The number of anilines is 2. The number of rotatable bonds is 9. The fourth-order valence-electron chi connectivity index (χ4n) is 2.63. The number of carbonyl (C=O) groups excluding carboxylic acids is 1. The SMILES string of the molecule is COc1ccc(OC)c(NC(=O)CCCN(c2cccc(Cl)c2)S(C)(=O)=O)c1. The van der Waals surface area contributed by atoms with Gasteiger partial charge in [0.2, 0.25) is 15.9 Å². The van der Waals surface area contributed by atoms with Gasteiger partial charge in [0.05, 0.1) is 31.9 Å². The predicted molar refractivity (Wildman–Crippen MR) is 111 cm³/mol. The van der Waals surface area contributed by atoms with Gasteiger partial charge in [-0.1, -0.05) is 17.7 Å². The van der Waals surface area contributed by atoms with Crippen LogP contribution in [0.3, 0.4) is 0 Å². The Morgan fingerprint density at radius 2 is 1.89 bits per heavy atom. The van der Waals surface area contributed by atoms with E-state index in [-0.39, 0.29) is 18.9 Å². The zero-order valence-corrected chi connectivity index (χ0v) is 17.5. The lowest BCUT2D eigenvalue weighted by molar-refractivity contribution is -0.116. The molecule has 2 aromatic carbocycles. The summed E-state index contributed by atoms with van der Waals surface area (Å²) in [6.07, 6.45) is 1.58. The van der Waals surface area contributed by atoms with Gasteiger partial charge in [-0.05, 0) is 36.8 Å². The summed E-state index contributed by atoms with van der Waals surface area (Å²) in [5.41, 5.74) is 0.950. The largest absolute Gasteiger partial charge is 0.497 e. The fraction of sp³-hybridized carbons (Fsp3) is 0.316. The Morgan fingerprint density at radius 1 is 1.14 bits per heavy atom. The van der Waals surface area contributed by atoms with Gasteiger partial charge in [-0.3, -0.25) is 9.10 Å². The van der Waals surface area contributed by atoms with Crippen LogP contribution in [-0.4, -0.2) is 41.3 Å². The quantitative estimate of drug-likeness (QED) is 0.662. The lowest BCUT2D eigenvalue weighted by Crippen LogP contribution is -2.31. The summed E-state index contributed by atoms with van der Waals surface area (Å²) in [5, 5.41) is 3.20. The van der Waals surface area contributed by atoms with Crippen molar-refractivity contribution in [2.45, 2.75) is 12.8 Å². The molecular weight excluding hydrogens is 404 g/mol. The molecule has 0 aliphatic heterocycles. The van der Waals surface area contributed by atoms with Gasteiger partial charge >= 0.3 is 0 Å². The molecule has 0 aliphatic carbocycles. The van der Waals surface area contributed by atoms with Crippen LogP contribution in [0.25, 0.3) is 0 Å². The minimum absolute atomic E-state index is 0.132. The minimum Gasteiger partial charge on any atom is -0.497 e. The molecule has 9 heteroatoms. The van der Waals surface area contributed by atoms with E-state index in [2.05, 4.69) is 5.32 Å². The molecule has 0 aliphatic rings. The molecule has 0 spiro atoms. The summed E-state index contributed by atoms with van der Waals surface area (Å²) in [4.78, 5) is 12.3. The fourth-order valence-corrected chi connectivity index (χ4v) is 3.77. The van der Waals surface area contributed by atoms with E-state index in [9.17, 15) is 13.2 Å². The number of benzene rings is 2. The first-order valence-electron chi connectivity index (χ1n) is 8.49. The zero-order valence-electron chi connectivity index (χ0n) is 15.9. The summed E-state index contributed by atoms with van der Waals surface area (Å²) in [7, 11) is -0.468. The molecule has 0 atom stereocenters. The van der Waals surface area contributed by atoms with Crippen LogP contribution < -0.4 is 19.1 Å². The third-order valence-electron chi connectivity index (χ3n) is 3.94. The van der Waals surface area contributed by atoms with Crippen molar-refractivity contribution < 1.29 is 22.7 Å². The normalized spacial score (nSPS) is 11.0. The summed E-state index contributed by atoms with van der Waals surface area (Å²) < 4.78 is 35.9. The van der Waals surface area contributed by atoms with Crippen molar-refractivity contribution in [3.8, 4) is 11.5 Å². The molecule has 2 rings (SSSR count). The standard InChI is InChI=1S/C19H23ClN2O5S/c1-26-16-9-10-18(27-2)17(13-16)21-19(23)8-5-11-22(28(3,24)25)15-7-4-6-14(20)12-15/h4,6-7,9-10,12-13H,5,8,11H2,1-3H3,(H,21,23). The molecule has 0 bridgehead atoms. The van der Waals surface area contributed by atoms with Gasteiger partial charge < -0.3 is 14.8 Å². The number of nitrogens with one attached hydrogen (secondary N) is 1. The highest BCUT2D eigenvalue weighted by Gasteiger charge is 2.18. The van der Waals surface area contributed by atoms with E-state index in [1.165, 1.54) is 18.5 Å². The summed E-state index contributed by atoms with van der Waals surface area (Å²) in [5.74, 6) is 0.831. The van der Waals surface area contributed by atoms with Gasteiger partial charge in [0, 0.05) is 24.1 Å². The van der Waals surface area contributed by atoms with Crippen molar-refractivity contribution in [1.29, 1.82) is 0 Å². The average molecular weight is 427 g/mol. The van der Waals surface area contributed by atoms with Crippen molar-refractivity contribution in [2.24, 2.45) is 0 Å². The van der Waals surface area contributed by atoms with Gasteiger partial charge in [-0.2, -0.15) is 0 Å². The molecule has 1 amide bonds.